The Balaban J connectivity index is 0.000000257. The minimum absolute atomic E-state index is 0.0456. The summed E-state index contributed by atoms with van der Waals surface area (Å²) in [5.74, 6) is -6.22. The summed E-state index contributed by atoms with van der Waals surface area (Å²) < 4.78 is 35.9. The standard InChI is InChI=1S/C19H13NO6.C13H8F2O3/c1-12(21)25-17-8-3-2-7-16(17)19(24)26-18(23)14(11-20)9-13-5-4-6-15(22)10-13;14-8-2-3-9(11(15)6-8)7-1-4-12(16)10(5-7)13(17)18/h2-10,22H,1H3;1-6,16H,(H,17,18). The monoisotopic (exact) mass is 601 g/mol. The maximum Gasteiger partial charge on any atom is 0.356 e. The molecule has 3 N–H and O–H groups in total. The van der Waals surface area contributed by atoms with Crippen molar-refractivity contribution in [2.75, 3.05) is 0 Å². The van der Waals surface area contributed by atoms with Crippen LogP contribution >= 0.6 is 0 Å². The first-order valence-corrected chi connectivity index (χ1v) is 12.4. The molecule has 0 unspecified atom stereocenters. The van der Waals surface area contributed by atoms with Crippen molar-refractivity contribution >= 4 is 30.0 Å². The van der Waals surface area contributed by atoms with Crippen molar-refractivity contribution in [1.82, 2.24) is 0 Å². The molecule has 0 aromatic heterocycles. The number of carbonyl (C=O) groups is 4. The Morgan fingerprint density at radius 1 is 0.864 bits per heavy atom. The van der Waals surface area contributed by atoms with Crippen LogP contribution in [0.5, 0.6) is 17.2 Å². The van der Waals surface area contributed by atoms with Crippen LogP contribution in [0, 0.1) is 23.0 Å². The molecule has 0 fully saturated rings. The molecular formula is C32H21F2NO9. The van der Waals surface area contributed by atoms with Gasteiger partial charge in [0, 0.05) is 18.6 Å². The molecule has 0 heterocycles. The molecule has 12 heteroatoms. The minimum Gasteiger partial charge on any atom is -0.508 e. The van der Waals surface area contributed by atoms with E-state index in [2.05, 4.69) is 0 Å². The topological polar surface area (TPSA) is 171 Å². The molecule has 0 atom stereocenters. The average Bonchev–Trinajstić information content (AvgIpc) is 2.96. The molecule has 0 bridgehead atoms. The van der Waals surface area contributed by atoms with Crippen molar-refractivity contribution in [3.8, 4) is 34.4 Å². The smallest absolute Gasteiger partial charge is 0.356 e. The van der Waals surface area contributed by atoms with Crippen molar-refractivity contribution in [1.29, 1.82) is 5.26 Å². The maximum absolute atomic E-state index is 13.5. The third kappa shape index (κ3) is 8.58. The molecule has 10 nitrogen and oxygen atoms in total. The average molecular weight is 602 g/mol. The summed E-state index contributed by atoms with van der Waals surface area (Å²) in [5, 5.41) is 36.7. The van der Waals surface area contributed by atoms with E-state index in [1.165, 1.54) is 61.5 Å². The molecule has 0 radical (unpaired) electrons. The number of carbonyl (C=O) groups excluding carboxylic acids is 3. The fourth-order valence-corrected chi connectivity index (χ4v) is 3.59. The molecule has 222 valence electrons. The van der Waals surface area contributed by atoms with E-state index in [-0.39, 0.29) is 33.8 Å². The van der Waals surface area contributed by atoms with Crippen molar-refractivity contribution in [3.63, 3.8) is 0 Å². The number of hydrogen-bond donors (Lipinski definition) is 3. The van der Waals surface area contributed by atoms with Gasteiger partial charge in [-0.25, -0.2) is 23.2 Å². The molecule has 0 amide bonds. The van der Waals surface area contributed by atoms with E-state index in [0.29, 0.717) is 11.6 Å². The Bertz CT molecular complexity index is 1830. The van der Waals surface area contributed by atoms with Gasteiger partial charge in [0.25, 0.3) is 0 Å². The Hall–Kier alpha value is -6.35. The van der Waals surface area contributed by atoms with Gasteiger partial charge in [-0.2, -0.15) is 5.26 Å². The van der Waals surface area contributed by atoms with Crippen LogP contribution in [0.15, 0.2) is 90.5 Å². The number of ether oxygens (including phenoxy) is 2. The van der Waals surface area contributed by atoms with Gasteiger partial charge in [0.1, 0.15) is 51.7 Å². The summed E-state index contributed by atoms with van der Waals surface area (Å²) in [6, 6.07) is 19.9. The zero-order valence-corrected chi connectivity index (χ0v) is 22.7. The fourth-order valence-electron chi connectivity index (χ4n) is 3.59. The third-order valence-electron chi connectivity index (χ3n) is 5.54. The van der Waals surface area contributed by atoms with E-state index >= 15 is 0 Å². The number of para-hydroxylation sites is 1. The van der Waals surface area contributed by atoms with Crippen LogP contribution in [0.1, 0.15) is 33.2 Å². The summed E-state index contributed by atoms with van der Waals surface area (Å²) in [4.78, 5) is 46.2. The number of nitrogens with zero attached hydrogens (tertiary/aromatic N) is 1. The molecule has 4 aromatic carbocycles. The number of aromatic hydroxyl groups is 2. The van der Waals surface area contributed by atoms with E-state index in [1.54, 1.807) is 18.2 Å². The molecule has 0 saturated carbocycles. The van der Waals surface area contributed by atoms with Crippen molar-refractivity contribution < 1.29 is 52.8 Å². The molecular weight excluding hydrogens is 580 g/mol. The van der Waals surface area contributed by atoms with Gasteiger partial charge in [0.05, 0.1) is 0 Å². The van der Waals surface area contributed by atoms with E-state index in [4.69, 9.17) is 19.8 Å². The van der Waals surface area contributed by atoms with Gasteiger partial charge in [-0.3, -0.25) is 4.79 Å². The second kappa shape index (κ2) is 14.5. The summed E-state index contributed by atoms with van der Waals surface area (Å²) in [6.45, 7) is 1.17. The lowest BCUT2D eigenvalue weighted by Gasteiger charge is -2.07. The molecule has 0 spiro atoms. The van der Waals surface area contributed by atoms with Crippen LogP contribution in [0.4, 0.5) is 8.78 Å². The Kier molecular flexibility index (Phi) is 10.6. The molecule has 0 saturated heterocycles. The largest absolute Gasteiger partial charge is 0.508 e. The zero-order chi connectivity index (χ0) is 32.4. The molecule has 0 aliphatic heterocycles. The maximum atomic E-state index is 13.5. The molecule has 0 aliphatic carbocycles. The van der Waals surface area contributed by atoms with E-state index < -0.39 is 46.8 Å². The number of carboxylic acids is 1. The van der Waals surface area contributed by atoms with E-state index in [1.807, 2.05) is 0 Å². The van der Waals surface area contributed by atoms with Crippen molar-refractivity contribution in [2.45, 2.75) is 6.92 Å². The van der Waals surface area contributed by atoms with Crippen molar-refractivity contribution in [3.05, 3.63) is 119 Å². The number of rotatable bonds is 6. The predicted octanol–water partition coefficient (Wildman–Crippen LogP) is 5.64. The first-order valence-electron chi connectivity index (χ1n) is 12.4. The van der Waals surface area contributed by atoms with Crippen LogP contribution < -0.4 is 4.74 Å². The molecule has 0 aliphatic rings. The Morgan fingerprint density at radius 3 is 2.23 bits per heavy atom. The minimum atomic E-state index is -1.32. The Morgan fingerprint density at radius 2 is 1.59 bits per heavy atom. The first kappa shape index (κ1) is 32.2. The predicted molar refractivity (Wildman–Crippen MR) is 150 cm³/mol. The lowest BCUT2D eigenvalue weighted by Crippen LogP contribution is -2.15. The van der Waals surface area contributed by atoms with E-state index in [9.17, 15) is 38.2 Å². The lowest BCUT2D eigenvalue weighted by atomic mass is 10.0. The number of phenolic OH excluding ortho intramolecular Hbond substituents is 1. The van der Waals surface area contributed by atoms with Gasteiger partial charge < -0.3 is 24.8 Å². The van der Waals surface area contributed by atoms with Crippen LogP contribution in [-0.4, -0.2) is 39.2 Å². The number of nitriles is 1. The number of benzene rings is 4. The first-order chi connectivity index (χ1) is 20.9. The highest BCUT2D eigenvalue weighted by Gasteiger charge is 2.21. The fraction of sp³-hybridized carbons (Fsp3) is 0.0312. The number of carboxylic acid groups (broad SMARTS) is 1. The zero-order valence-electron chi connectivity index (χ0n) is 22.7. The van der Waals surface area contributed by atoms with Gasteiger partial charge >= 0.3 is 23.9 Å². The summed E-state index contributed by atoms with van der Waals surface area (Å²) in [7, 11) is 0. The van der Waals surface area contributed by atoms with Gasteiger partial charge in [0.15, 0.2) is 0 Å². The number of hydrogen-bond acceptors (Lipinski definition) is 9. The lowest BCUT2D eigenvalue weighted by molar-refractivity contribution is -0.133. The normalized spacial score (nSPS) is 10.5. The van der Waals surface area contributed by atoms with Crippen LogP contribution in [0.3, 0.4) is 0 Å². The summed E-state index contributed by atoms with van der Waals surface area (Å²) >= 11 is 0. The number of phenols is 2. The highest BCUT2D eigenvalue weighted by atomic mass is 19.1. The second-order valence-corrected chi connectivity index (χ2v) is 8.69. The highest BCUT2D eigenvalue weighted by Crippen LogP contribution is 2.28. The van der Waals surface area contributed by atoms with Gasteiger partial charge in [-0.15, -0.1) is 0 Å². The molecule has 44 heavy (non-hydrogen) atoms. The third-order valence-corrected chi connectivity index (χ3v) is 5.54. The quantitative estimate of drug-likeness (QED) is 0.0825. The number of esters is 3. The van der Waals surface area contributed by atoms with Crippen molar-refractivity contribution in [2.24, 2.45) is 0 Å². The van der Waals surface area contributed by atoms with Crippen LogP contribution in [-0.2, 0) is 14.3 Å². The number of halogens is 2. The molecule has 4 rings (SSSR count). The van der Waals surface area contributed by atoms with Crippen LogP contribution in [0.25, 0.3) is 17.2 Å². The van der Waals surface area contributed by atoms with Gasteiger partial charge in [-0.05, 0) is 65.7 Å². The van der Waals surface area contributed by atoms with Gasteiger partial charge in [-0.1, -0.05) is 30.3 Å². The highest BCUT2D eigenvalue weighted by molar-refractivity contribution is 6.07. The van der Waals surface area contributed by atoms with Gasteiger partial charge in [0.2, 0.25) is 0 Å². The molecule has 4 aromatic rings. The summed E-state index contributed by atoms with van der Waals surface area (Å²) in [5.41, 5.74) is -0.205. The SMILES string of the molecule is CC(=O)Oc1ccccc1C(=O)OC(=O)C(C#N)=Cc1cccc(O)c1.O=C(O)c1cc(-c2ccc(F)cc2F)ccc1O. The Labute approximate surface area is 248 Å². The van der Waals surface area contributed by atoms with Crippen LogP contribution in [0.2, 0.25) is 0 Å². The summed E-state index contributed by atoms with van der Waals surface area (Å²) in [6.07, 6.45) is 1.17. The number of aromatic carboxylic acids is 1. The van der Waals surface area contributed by atoms with E-state index in [0.717, 1.165) is 18.2 Å². The second-order valence-electron chi connectivity index (χ2n) is 8.69.